The first-order valence-corrected chi connectivity index (χ1v) is 5.36. The van der Waals surface area contributed by atoms with Gasteiger partial charge in [0.2, 0.25) is 0 Å². The number of imidazole rings is 1. The van der Waals surface area contributed by atoms with Crippen LogP contribution in [0.4, 0.5) is 0 Å². The minimum atomic E-state index is -0.729. The van der Waals surface area contributed by atoms with E-state index in [0.29, 0.717) is 12.1 Å². The Bertz CT molecular complexity index is 633. The molecule has 6 nitrogen and oxygen atoms in total. The monoisotopic (exact) mass is 230 g/mol. The van der Waals surface area contributed by atoms with Crippen LogP contribution in [0.2, 0.25) is 0 Å². The van der Waals surface area contributed by atoms with Gasteiger partial charge in [-0.3, -0.25) is 4.79 Å². The largest absolute Gasteiger partial charge is 0.481 e. The van der Waals surface area contributed by atoms with Crippen molar-refractivity contribution in [1.82, 2.24) is 14.2 Å². The lowest BCUT2D eigenvalue weighted by Crippen LogP contribution is -2.05. The van der Waals surface area contributed by atoms with E-state index in [1.54, 1.807) is 10.7 Å². The summed E-state index contributed by atoms with van der Waals surface area (Å²) in [5.41, 5.74) is 1.26. The van der Waals surface area contributed by atoms with Gasteiger partial charge in [0.25, 0.3) is 0 Å². The van der Waals surface area contributed by atoms with E-state index in [2.05, 4.69) is 11.2 Å². The average Bonchev–Trinajstić information content (AvgIpc) is 2.79. The summed E-state index contributed by atoms with van der Waals surface area (Å²) in [7, 11) is 0. The summed E-state index contributed by atoms with van der Waals surface area (Å²) in [5.74, 6) is -0.789. The highest BCUT2D eigenvalue weighted by Crippen LogP contribution is 2.40. The molecule has 1 fully saturated rings. The molecule has 1 aliphatic rings. The second-order valence-electron chi connectivity index (χ2n) is 4.33. The summed E-state index contributed by atoms with van der Waals surface area (Å²) < 4.78 is 3.54. The number of carboxylic acid groups (broad SMARTS) is 1. The first kappa shape index (κ1) is 9.90. The molecule has 0 unspecified atom stereocenters. The molecule has 0 saturated heterocycles. The number of aromatic nitrogens is 3. The minimum absolute atomic E-state index is 0.171. The van der Waals surface area contributed by atoms with Crippen LogP contribution in [-0.2, 0) is 11.3 Å². The summed E-state index contributed by atoms with van der Waals surface area (Å²) in [6.07, 6.45) is 5.85. The van der Waals surface area contributed by atoms with Crippen LogP contribution in [0.5, 0.6) is 0 Å². The molecule has 2 aromatic rings. The summed E-state index contributed by atoms with van der Waals surface area (Å²) in [6, 6.07) is 2.08. The fraction of sp³-hybridized carbons (Fsp3) is 0.364. The Morgan fingerprint density at radius 1 is 1.65 bits per heavy atom. The number of aliphatic carboxylic acids is 1. The van der Waals surface area contributed by atoms with Crippen molar-refractivity contribution in [2.24, 2.45) is 11.8 Å². The molecule has 2 aromatic heterocycles. The van der Waals surface area contributed by atoms with Gasteiger partial charge in [0.15, 0.2) is 5.65 Å². The van der Waals surface area contributed by atoms with Crippen LogP contribution in [0.1, 0.15) is 12.0 Å². The number of fused-ring (bicyclic) bond motifs is 1. The van der Waals surface area contributed by atoms with Gasteiger partial charge < -0.3 is 9.67 Å². The number of nitriles is 1. The Kier molecular flexibility index (Phi) is 1.95. The zero-order valence-corrected chi connectivity index (χ0v) is 8.95. The maximum Gasteiger partial charge on any atom is 0.306 e. The molecule has 2 heterocycles. The third-order valence-corrected chi connectivity index (χ3v) is 3.22. The second-order valence-corrected chi connectivity index (χ2v) is 4.33. The number of hydrogen-bond acceptors (Lipinski definition) is 3. The number of nitrogens with zero attached hydrogens (tertiary/aromatic N) is 4. The molecule has 0 amide bonds. The van der Waals surface area contributed by atoms with E-state index in [1.807, 2.05) is 10.8 Å². The van der Waals surface area contributed by atoms with Crippen molar-refractivity contribution in [3.05, 3.63) is 24.2 Å². The van der Waals surface area contributed by atoms with Crippen molar-refractivity contribution < 1.29 is 9.90 Å². The van der Waals surface area contributed by atoms with Crippen LogP contribution < -0.4 is 0 Å². The third-order valence-electron chi connectivity index (χ3n) is 3.22. The van der Waals surface area contributed by atoms with Crippen LogP contribution >= 0.6 is 0 Å². The minimum Gasteiger partial charge on any atom is -0.481 e. The van der Waals surface area contributed by atoms with Crippen molar-refractivity contribution in [3.8, 4) is 6.07 Å². The maximum atomic E-state index is 10.8. The van der Waals surface area contributed by atoms with E-state index in [4.69, 9.17) is 10.4 Å². The van der Waals surface area contributed by atoms with Gasteiger partial charge in [-0.1, -0.05) is 0 Å². The predicted octanol–water partition coefficient (Wildman–Crippen LogP) is 0.728. The molecule has 1 N–H and O–H groups in total. The topological polar surface area (TPSA) is 83.3 Å². The maximum absolute atomic E-state index is 10.8. The first-order chi connectivity index (χ1) is 8.20. The van der Waals surface area contributed by atoms with Crippen molar-refractivity contribution in [2.75, 3.05) is 0 Å². The lowest BCUT2D eigenvalue weighted by Gasteiger charge is -2.01. The van der Waals surface area contributed by atoms with E-state index >= 15 is 0 Å². The predicted molar refractivity (Wildman–Crippen MR) is 57.1 cm³/mol. The van der Waals surface area contributed by atoms with Gasteiger partial charge in [0.05, 0.1) is 12.1 Å². The molecule has 0 aliphatic heterocycles. The Balaban J connectivity index is 1.89. The second kappa shape index (κ2) is 3.35. The van der Waals surface area contributed by atoms with Crippen LogP contribution in [0.15, 0.2) is 18.6 Å². The average molecular weight is 230 g/mol. The highest BCUT2D eigenvalue weighted by molar-refractivity contribution is 5.73. The van der Waals surface area contributed by atoms with E-state index in [1.165, 1.54) is 6.20 Å². The van der Waals surface area contributed by atoms with Gasteiger partial charge in [0, 0.05) is 18.9 Å². The van der Waals surface area contributed by atoms with Crippen LogP contribution in [0.25, 0.3) is 5.65 Å². The zero-order chi connectivity index (χ0) is 12.0. The standard InChI is InChI=1S/C11H10N4O2/c12-4-8-5-13-15-2-1-14(10(8)15)6-7-3-9(7)11(16)17/h1-2,5,7,9H,3,6H2,(H,16,17)/t7-,9+/m0/s1. The summed E-state index contributed by atoms with van der Waals surface area (Å²) in [5, 5.41) is 21.8. The van der Waals surface area contributed by atoms with Crippen molar-refractivity contribution in [3.63, 3.8) is 0 Å². The Morgan fingerprint density at radius 2 is 2.47 bits per heavy atom. The molecule has 17 heavy (non-hydrogen) atoms. The number of carboxylic acids is 1. The molecule has 1 saturated carbocycles. The Morgan fingerprint density at radius 3 is 3.12 bits per heavy atom. The van der Waals surface area contributed by atoms with Crippen molar-refractivity contribution in [2.45, 2.75) is 13.0 Å². The van der Waals surface area contributed by atoms with Crippen molar-refractivity contribution >= 4 is 11.6 Å². The van der Waals surface area contributed by atoms with Gasteiger partial charge in [0.1, 0.15) is 11.6 Å². The fourth-order valence-electron chi connectivity index (χ4n) is 2.20. The number of carbonyl (C=O) groups is 1. The van der Waals surface area contributed by atoms with Gasteiger partial charge in [-0.15, -0.1) is 0 Å². The van der Waals surface area contributed by atoms with Crippen LogP contribution in [-0.4, -0.2) is 25.3 Å². The number of rotatable bonds is 3. The van der Waals surface area contributed by atoms with E-state index in [9.17, 15) is 4.79 Å². The fourth-order valence-corrected chi connectivity index (χ4v) is 2.20. The van der Waals surface area contributed by atoms with E-state index in [-0.39, 0.29) is 11.8 Å². The van der Waals surface area contributed by atoms with E-state index < -0.39 is 5.97 Å². The summed E-state index contributed by atoms with van der Waals surface area (Å²) in [4.78, 5) is 10.8. The lowest BCUT2D eigenvalue weighted by molar-refractivity contribution is -0.138. The lowest BCUT2D eigenvalue weighted by atomic mass is 10.3. The normalized spacial score (nSPS) is 22.5. The summed E-state index contributed by atoms with van der Waals surface area (Å²) in [6.45, 7) is 0.633. The van der Waals surface area contributed by atoms with E-state index in [0.717, 1.165) is 12.1 Å². The molecule has 0 spiro atoms. The first-order valence-electron chi connectivity index (χ1n) is 5.36. The molecule has 3 rings (SSSR count). The van der Waals surface area contributed by atoms with Crippen LogP contribution in [0.3, 0.4) is 0 Å². The third kappa shape index (κ3) is 1.47. The quantitative estimate of drug-likeness (QED) is 0.842. The number of hydrogen-bond donors (Lipinski definition) is 1. The van der Waals surface area contributed by atoms with Gasteiger partial charge >= 0.3 is 5.97 Å². The molecule has 0 bridgehead atoms. The molecule has 2 atom stereocenters. The smallest absolute Gasteiger partial charge is 0.306 e. The Hall–Kier alpha value is -2.29. The molecular weight excluding hydrogens is 220 g/mol. The molecule has 1 aliphatic carbocycles. The molecular formula is C11H10N4O2. The molecule has 0 radical (unpaired) electrons. The molecule has 6 heteroatoms. The van der Waals surface area contributed by atoms with Gasteiger partial charge in [-0.2, -0.15) is 10.4 Å². The van der Waals surface area contributed by atoms with Crippen molar-refractivity contribution in [1.29, 1.82) is 5.26 Å². The van der Waals surface area contributed by atoms with Gasteiger partial charge in [-0.05, 0) is 12.3 Å². The highest BCUT2D eigenvalue weighted by Gasteiger charge is 2.43. The van der Waals surface area contributed by atoms with Gasteiger partial charge in [-0.25, -0.2) is 4.52 Å². The zero-order valence-electron chi connectivity index (χ0n) is 8.95. The molecule has 0 aromatic carbocycles. The highest BCUT2D eigenvalue weighted by atomic mass is 16.4. The molecule has 86 valence electrons. The summed E-state index contributed by atoms with van der Waals surface area (Å²) >= 11 is 0. The Labute approximate surface area is 96.7 Å². The van der Waals surface area contributed by atoms with Crippen LogP contribution in [0, 0.1) is 23.2 Å². The SMILES string of the molecule is N#Cc1cnn2ccn(C[C@@H]3C[C@H]3C(=O)O)c12.